The minimum absolute atomic E-state index is 0.0694. The van der Waals surface area contributed by atoms with E-state index in [0.717, 1.165) is 5.57 Å². The Labute approximate surface area is 83.6 Å². The summed E-state index contributed by atoms with van der Waals surface area (Å²) < 4.78 is 31.3. The van der Waals surface area contributed by atoms with E-state index in [-0.39, 0.29) is 5.92 Å². The Kier molecular flexibility index (Phi) is 2.33. The van der Waals surface area contributed by atoms with E-state index in [2.05, 4.69) is 0 Å². The van der Waals surface area contributed by atoms with E-state index in [1.807, 2.05) is 24.3 Å². The second-order valence-corrected chi connectivity index (χ2v) is 5.26. The van der Waals surface area contributed by atoms with Crippen molar-refractivity contribution >= 4 is 10.1 Å². The lowest BCUT2D eigenvalue weighted by Gasteiger charge is -2.28. The molecule has 2 aliphatic carbocycles. The van der Waals surface area contributed by atoms with Crippen molar-refractivity contribution in [2.45, 2.75) is 18.1 Å². The van der Waals surface area contributed by atoms with Gasteiger partial charge in [-0.25, -0.2) is 0 Å². The lowest BCUT2D eigenvalue weighted by Crippen LogP contribution is -2.32. The molecule has 2 atom stereocenters. The van der Waals surface area contributed by atoms with E-state index in [1.165, 1.54) is 0 Å². The third-order valence-electron chi connectivity index (χ3n) is 2.75. The second-order valence-electron chi connectivity index (χ2n) is 3.63. The Morgan fingerprint density at radius 1 is 1.29 bits per heavy atom. The van der Waals surface area contributed by atoms with E-state index in [4.69, 9.17) is 4.55 Å². The van der Waals surface area contributed by atoms with Gasteiger partial charge in [-0.3, -0.25) is 4.55 Å². The van der Waals surface area contributed by atoms with Crippen LogP contribution in [0.25, 0.3) is 0 Å². The predicted molar refractivity (Wildman–Crippen MR) is 54.4 cm³/mol. The van der Waals surface area contributed by atoms with Gasteiger partial charge in [-0.2, -0.15) is 8.42 Å². The van der Waals surface area contributed by atoms with Gasteiger partial charge in [0.25, 0.3) is 10.1 Å². The Bertz CT molecular complexity index is 415. The van der Waals surface area contributed by atoms with Gasteiger partial charge in [-0.05, 0) is 18.4 Å². The molecule has 0 saturated carbocycles. The van der Waals surface area contributed by atoms with Crippen LogP contribution in [-0.2, 0) is 10.1 Å². The Hall–Kier alpha value is -0.870. The van der Waals surface area contributed by atoms with Gasteiger partial charge < -0.3 is 0 Å². The molecule has 2 unspecified atom stereocenters. The average Bonchev–Trinajstić information content (AvgIpc) is 2.15. The molecule has 0 heterocycles. The predicted octanol–water partition coefficient (Wildman–Crippen LogP) is 1.71. The van der Waals surface area contributed by atoms with Gasteiger partial charge >= 0.3 is 0 Å². The summed E-state index contributed by atoms with van der Waals surface area (Å²) in [5, 5.41) is -0.663. The summed E-state index contributed by atoms with van der Waals surface area (Å²) in [6, 6.07) is 0. The summed E-state index contributed by atoms with van der Waals surface area (Å²) in [6.07, 6.45) is 10.6. The zero-order chi connectivity index (χ0) is 10.2. The van der Waals surface area contributed by atoms with Crippen LogP contribution < -0.4 is 0 Å². The number of fused-ring (bicyclic) bond motifs is 1. The van der Waals surface area contributed by atoms with Crippen LogP contribution in [0.15, 0.2) is 36.0 Å². The van der Waals surface area contributed by atoms with Crippen molar-refractivity contribution in [3.05, 3.63) is 36.0 Å². The maximum atomic E-state index is 11.1. The molecule has 14 heavy (non-hydrogen) atoms. The van der Waals surface area contributed by atoms with Gasteiger partial charge in [0.1, 0.15) is 0 Å². The fourth-order valence-corrected chi connectivity index (χ4v) is 3.08. The molecule has 0 fully saturated rings. The fraction of sp³-hybridized carbons (Fsp3) is 0.400. The second kappa shape index (κ2) is 3.37. The molecular weight excluding hydrogens is 200 g/mol. The van der Waals surface area contributed by atoms with Gasteiger partial charge in [0.2, 0.25) is 0 Å². The van der Waals surface area contributed by atoms with Crippen LogP contribution in [0.5, 0.6) is 0 Å². The van der Waals surface area contributed by atoms with Crippen molar-refractivity contribution in [1.82, 2.24) is 0 Å². The molecule has 0 saturated heterocycles. The summed E-state index contributed by atoms with van der Waals surface area (Å²) >= 11 is 0. The molecule has 0 spiro atoms. The van der Waals surface area contributed by atoms with Gasteiger partial charge in [-0.1, -0.05) is 30.4 Å². The molecule has 0 aromatic heterocycles. The molecule has 0 amide bonds. The Balaban J connectivity index is 2.37. The molecule has 1 N–H and O–H groups in total. The van der Waals surface area contributed by atoms with Gasteiger partial charge in [0, 0.05) is 5.92 Å². The zero-order valence-electron chi connectivity index (χ0n) is 7.63. The molecule has 0 aromatic rings. The van der Waals surface area contributed by atoms with E-state index in [9.17, 15) is 8.42 Å². The van der Waals surface area contributed by atoms with Crippen molar-refractivity contribution < 1.29 is 13.0 Å². The largest absolute Gasteiger partial charge is 0.285 e. The summed E-state index contributed by atoms with van der Waals surface area (Å²) in [5.41, 5.74) is 1.00. The number of allylic oxidation sites excluding steroid dienone is 6. The number of hydrogen-bond acceptors (Lipinski definition) is 2. The highest BCUT2D eigenvalue weighted by molar-refractivity contribution is 7.86. The molecule has 2 aliphatic rings. The quantitative estimate of drug-likeness (QED) is 0.673. The SMILES string of the molecule is O=S(=O)(O)C1CC=CC2=CC=CCC21. The van der Waals surface area contributed by atoms with Crippen molar-refractivity contribution in [2.24, 2.45) is 5.92 Å². The summed E-state index contributed by atoms with van der Waals surface area (Å²) in [4.78, 5) is 0. The van der Waals surface area contributed by atoms with Gasteiger partial charge in [-0.15, -0.1) is 0 Å². The van der Waals surface area contributed by atoms with Crippen LogP contribution in [0.2, 0.25) is 0 Å². The van der Waals surface area contributed by atoms with Gasteiger partial charge in [0.05, 0.1) is 5.25 Å². The van der Waals surface area contributed by atoms with Gasteiger partial charge in [0.15, 0.2) is 0 Å². The van der Waals surface area contributed by atoms with E-state index < -0.39 is 15.4 Å². The van der Waals surface area contributed by atoms with E-state index >= 15 is 0 Å². The van der Waals surface area contributed by atoms with E-state index in [1.54, 1.807) is 6.08 Å². The number of rotatable bonds is 1. The average molecular weight is 212 g/mol. The Morgan fingerprint density at radius 2 is 2.07 bits per heavy atom. The highest BCUT2D eigenvalue weighted by Crippen LogP contribution is 2.33. The van der Waals surface area contributed by atoms with Crippen LogP contribution in [0.1, 0.15) is 12.8 Å². The first kappa shape index (κ1) is 9.68. The van der Waals surface area contributed by atoms with E-state index in [0.29, 0.717) is 12.8 Å². The minimum atomic E-state index is -3.92. The normalized spacial score (nSPS) is 31.1. The highest BCUT2D eigenvalue weighted by atomic mass is 32.2. The van der Waals surface area contributed by atoms with Crippen LogP contribution in [0.3, 0.4) is 0 Å². The number of hydrogen-bond donors (Lipinski definition) is 1. The summed E-state index contributed by atoms with van der Waals surface area (Å²) in [5.74, 6) is -0.0694. The van der Waals surface area contributed by atoms with Crippen molar-refractivity contribution in [3.8, 4) is 0 Å². The lowest BCUT2D eigenvalue weighted by molar-refractivity contribution is 0.437. The molecular formula is C10H12O3S. The van der Waals surface area contributed by atoms with Crippen LogP contribution in [0, 0.1) is 5.92 Å². The maximum absolute atomic E-state index is 11.1. The molecule has 76 valence electrons. The monoisotopic (exact) mass is 212 g/mol. The minimum Gasteiger partial charge on any atom is -0.285 e. The van der Waals surface area contributed by atoms with Crippen LogP contribution >= 0.6 is 0 Å². The third kappa shape index (κ3) is 1.67. The van der Waals surface area contributed by atoms with Crippen LogP contribution in [0.4, 0.5) is 0 Å². The smallest absolute Gasteiger partial charge is 0.268 e. The lowest BCUT2D eigenvalue weighted by atomic mass is 9.83. The maximum Gasteiger partial charge on any atom is 0.268 e. The molecule has 4 heteroatoms. The standard InChI is InChI=1S/C10H12O3S/c11-14(12,13)10-7-3-5-8-4-1-2-6-9(8)10/h1-5,9-10H,6-7H2,(H,11,12,13). The molecule has 0 aliphatic heterocycles. The third-order valence-corrected chi connectivity index (χ3v) is 4.04. The fourth-order valence-electron chi connectivity index (χ4n) is 2.04. The molecule has 2 rings (SSSR count). The molecule has 3 nitrogen and oxygen atoms in total. The van der Waals surface area contributed by atoms with Crippen molar-refractivity contribution in [1.29, 1.82) is 0 Å². The first-order chi connectivity index (χ1) is 6.59. The topological polar surface area (TPSA) is 54.4 Å². The molecule has 0 bridgehead atoms. The van der Waals surface area contributed by atoms with Crippen LogP contribution in [-0.4, -0.2) is 18.2 Å². The summed E-state index contributed by atoms with van der Waals surface area (Å²) in [7, 11) is -3.92. The highest BCUT2D eigenvalue weighted by Gasteiger charge is 2.34. The molecule has 0 radical (unpaired) electrons. The van der Waals surface area contributed by atoms with Crippen molar-refractivity contribution in [2.75, 3.05) is 0 Å². The first-order valence-corrected chi connectivity index (χ1v) is 6.09. The molecule has 0 aromatic carbocycles. The first-order valence-electron chi connectivity index (χ1n) is 4.58. The Morgan fingerprint density at radius 3 is 2.79 bits per heavy atom. The van der Waals surface area contributed by atoms with Crippen molar-refractivity contribution in [3.63, 3.8) is 0 Å². The zero-order valence-corrected chi connectivity index (χ0v) is 8.44. The summed E-state index contributed by atoms with van der Waals surface area (Å²) in [6.45, 7) is 0.